The van der Waals surface area contributed by atoms with Gasteiger partial charge in [0, 0.05) is 25.2 Å². The molecule has 0 aliphatic carbocycles. The molecule has 0 radical (unpaired) electrons. The summed E-state index contributed by atoms with van der Waals surface area (Å²) in [5, 5.41) is 2.18. The molecule has 2 aliphatic heterocycles. The number of carbonyl (C=O) groups is 1. The van der Waals surface area contributed by atoms with E-state index < -0.39 is 0 Å². The summed E-state index contributed by atoms with van der Waals surface area (Å²) in [6.45, 7) is 5.73. The van der Waals surface area contributed by atoms with E-state index in [0.717, 1.165) is 41.7 Å². The summed E-state index contributed by atoms with van der Waals surface area (Å²) in [6.07, 6.45) is 5.11. The van der Waals surface area contributed by atoms with Crippen molar-refractivity contribution in [3.8, 4) is 5.75 Å². The highest BCUT2D eigenvalue weighted by Crippen LogP contribution is 2.26. The third-order valence-corrected chi connectivity index (χ3v) is 6.52. The number of carbonyl (C=O) groups excluding carboxylic acids is 1. The Hall–Kier alpha value is -2.85. The lowest BCUT2D eigenvalue weighted by atomic mass is 10.1. The van der Waals surface area contributed by atoms with Crippen molar-refractivity contribution >= 4 is 16.7 Å². The SMILES string of the molecule is O=C(c1ccc2cc(OCCCN3CCCCC3)ccc2c1)N1Cc2ccccc2C1. The van der Waals surface area contributed by atoms with Crippen molar-refractivity contribution in [3.63, 3.8) is 0 Å². The van der Waals surface area contributed by atoms with E-state index in [1.54, 1.807) is 0 Å². The second-order valence-corrected chi connectivity index (χ2v) is 8.76. The molecule has 0 aromatic heterocycles. The number of fused-ring (bicyclic) bond motifs is 2. The van der Waals surface area contributed by atoms with Crippen LogP contribution in [0.2, 0.25) is 0 Å². The lowest BCUT2D eigenvalue weighted by Crippen LogP contribution is -2.31. The Morgan fingerprint density at radius 1 is 0.839 bits per heavy atom. The molecule has 3 aromatic rings. The lowest BCUT2D eigenvalue weighted by Gasteiger charge is -2.26. The molecule has 0 saturated carbocycles. The van der Waals surface area contributed by atoms with Crippen LogP contribution in [0.15, 0.2) is 60.7 Å². The fraction of sp³-hybridized carbons (Fsp3) is 0.370. The van der Waals surface area contributed by atoms with Gasteiger partial charge in [-0.3, -0.25) is 4.79 Å². The number of nitrogens with zero attached hydrogens (tertiary/aromatic N) is 2. The molecule has 4 nitrogen and oxygen atoms in total. The maximum absolute atomic E-state index is 13.0. The topological polar surface area (TPSA) is 32.8 Å². The Morgan fingerprint density at radius 2 is 1.55 bits per heavy atom. The Morgan fingerprint density at radius 3 is 2.32 bits per heavy atom. The van der Waals surface area contributed by atoms with E-state index in [1.807, 2.05) is 41.3 Å². The van der Waals surface area contributed by atoms with E-state index >= 15 is 0 Å². The lowest BCUT2D eigenvalue weighted by molar-refractivity contribution is 0.0751. The second-order valence-electron chi connectivity index (χ2n) is 8.76. The minimum absolute atomic E-state index is 0.0936. The van der Waals surface area contributed by atoms with Gasteiger partial charge in [-0.2, -0.15) is 0 Å². The fourth-order valence-corrected chi connectivity index (χ4v) is 4.77. The summed E-state index contributed by atoms with van der Waals surface area (Å²) >= 11 is 0. The van der Waals surface area contributed by atoms with Crippen LogP contribution in [-0.2, 0) is 13.1 Å². The van der Waals surface area contributed by atoms with Gasteiger partial charge in [0.25, 0.3) is 5.91 Å². The quantitative estimate of drug-likeness (QED) is 0.517. The van der Waals surface area contributed by atoms with Crippen LogP contribution < -0.4 is 4.74 Å². The van der Waals surface area contributed by atoms with Gasteiger partial charge in [-0.15, -0.1) is 0 Å². The van der Waals surface area contributed by atoms with Gasteiger partial charge in [-0.1, -0.05) is 42.8 Å². The number of piperidine rings is 1. The highest BCUT2D eigenvalue weighted by atomic mass is 16.5. The average Bonchev–Trinajstić information content (AvgIpc) is 3.26. The van der Waals surface area contributed by atoms with Crippen molar-refractivity contribution < 1.29 is 9.53 Å². The molecule has 0 unspecified atom stereocenters. The first-order valence-corrected chi connectivity index (χ1v) is 11.5. The zero-order chi connectivity index (χ0) is 21.0. The van der Waals surface area contributed by atoms with Crippen molar-refractivity contribution in [2.24, 2.45) is 0 Å². The van der Waals surface area contributed by atoms with E-state index in [9.17, 15) is 4.79 Å². The van der Waals surface area contributed by atoms with Crippen molar-refractivity contribution in [1.82, 2.24) is 9.80 Å². The first-order chi connectivity index (χ1) is 15.3. The van der Waals surface area contributed by atoms with Crippen LogP contribution in [0, 0.1) is 0 Å². The van der Waals surface area contributed by atoms with E-state index in [1.165, 1.54) is 43.5 Å². The number of hydrogen-bond donors (Lipinski definition) is 0. The van der Waals surface area contributed by atoms with E-state index in [-0.39, 0.29) is 5.91 Å². The predicted molar refractivity (Wildman–Crippen MR) is 124 cm³/mol. The van der Waals surface area contributed by atoms with Gasteiger partial charge >= 0.3 is 0 Å². The van der Waals surface area contributed by atoms with Crippen molar-refractivity contribution in [3.05, 3.63) is 77.4 Å². The molecule has 1 saturated heterocycles. The normalized spacial score (nSPS) is 16.5. The number of amides is 1. The average molecular weight is 415 g/mol. The van der Waals surface area contributed by atoms with Crippen LogP contribution in [0.1, 0.15) is 47.2 Å². The molecule has 5 rings (SSSR count). The fourth-order valence-electron chi connectivity index (χ4n) is 4.77. The van der Waals surface area contributed by atoms with Gasteiger partial charge in [0.05, 0.1) is 6.61 Å². The summed E-state index contributed by atoms with van der Waals surface area (Å²) in [4.78, 5) is 17.5. The molecular formula is C27H30N2O2. The van der Waals surface area contributed by atoms with Gasteiger partial charge < -0.3 is 14.5 Å². The van der Waals surface area contributed by atoms with Crippen LogP contribution in [0.4, 0.5) is 0 Å². The number of hydrogen-bond acceptors (Lipinski definition) is 3. The third kappa shape index (κ3) is 4.59. The highest BCUT2D eigenvalue weighted by molar-refractivity contribution is 5.99. The van der Waals surface area contributed by atoms with Gasteiger partial charge in [0.1, 0.15) is 5.75 Å². The molecule has 0 atom stereocenters. The maximum Gasteiger partial charge on any atom is 0.254 e. The molecule has 2 heterocycles. The van der Waals surface area contributed by atoms with Crippen LogP contribution in [0.5, 0.6) is 5.75 Å². The molecular weight excluding hydrogens is 384 g/mol. The molecule has 0 spiro atoms. The van der Waals surface area contributed by atoms with Gasteiger partial charge in [0.2, 0.25) is 0 Å². The summed E-state index contributed by atoms with van der Waals surface area (Å²) in [6, 6.07) is 20.4. The van der Waals surface area contributed by atoms with Crippen molar-refractivity contribution in [1.29, 1.82) is 0 Å². The maximum atomic E-state index is 13.0. The zero-order valence-corrected chi connectivity index (χ0v) is 18.1. The molecule has 160 valence electrons. The molecule has 4 heteroatoms. The summed E-state index contributed by atoms with van der Waals surface area (Å²) < 4.78 is 6.00. The summed E-state index contributed by atoms with van der Waals surface area (Å²) in [5.74, 6) is 0.997. The Bertz CT molecular complexity index is 1050. The van der Waals surface area contributed by atoms with Crippen LogP contribution in [0.3, 0.4) is 0 Å². The second kappa shape index (κ2) is 9.11. The third-order valence-electron chi connectivity index (χ3n) is 6.52. The highest BCUT2D eigenvalue weighted by Gasteiger charge is 2.23. The first-order valence-electron chi connectivity index (χ1n) is 11.5. The Labute approximate surface area is 184 Å². The van der Waals surface area contributed by atoms with E-state index in [0.29, 0.717) is 13.1 Å². The Kier molecular flexibility index (Phi) is 5.90. The summed E-state index contributed by atoms with van der Waals surface area (Å²) in [5.41, 5.74) is 3.24. The predicted octanol–water partition coefficient (Wildman–Crippen LogP) is 5.25. The number of rotatable bonds is 6. The standard InChI is InChI=1S/C27H30N2O2/c30-27(29-19-24-7-2-3-8-25(24)20-29)23-10-9-22-18-26(12-11-21(22)17-23)31-16-6-15-28-13-4-1-5-14-28/h2-3,7-12,17-18H,1,4-6,13-16,19-20H2. The molecule has 1 amide bonds. The molecule has 0 N–H and O–H groups in total. The molecule has 2 aliphatic rings. The van der Waals surface area contributed by atoms with E-state index in [2.05, 4.69) is 29.2 Å². The van der Waals surface area contributed by atoms with Gasteiger partial charge in [-0.25, -0.2) is 0 Å². The molecule has 1 fully saturated rings. The largest absolute Gasteiger partial charge is 0.494 e. The van der Waals surface area contributed by atoms with Gasteiger partial charge in [-0.05, 0) is 78.5 Å². The van der Waals surface area contributed by atoms with Crippen LogP contribution >= 0.6 is 0 Å². The summed E-state index contributed by atoms with van der Waals surface area (Å²) in [7, 11) is 0. The molecule has 3 aromatic carbocycles. The minimum atomic E-state index is 0.0936. The monoisotopic (exact) mass is 414 g/mol. The Balaban J connectivity index is 1.19. The zero-order valence-electron chi connectivity index (χ0n) is 18.1. The number of ether oxygens (including phenoxy) is 1. The van der Waals surface area contributed by atoms with Gasteiger partial charge in [0.15, 0.2) is 0 Å². The molecule has 31 heavy (non-hydrogen) atoms. The smallest absolute Gasteiger partial charge is 0.254 e. The van der Waals surface area contributed by atoms with Crippen LogP contribution in [-0.4, -0.2) is 41.9 Å². The molecule has 0 bridgehead atoms. The van der Waals surface area contributed by atoms with Crippen molar-refractivity contribution in [2.45, 2.75) is 38.8 Å². The number of benzene rings is 3. The minimum Gasteiger partial charge on any atom is -0.494 e. The number of likely N-dealkylation sites (tertiary alicyclic amines) is 1. The first kappa shape index (κ1) is 20.1. The van der Waals surface area contributed by atoms with E-state index in [4.69, 9.17) is 4.74 Å². The van der Waals surface area contributed by atoms with Crippen LogP contribution in [0.25, 0.3) is 10.8 Å². The van der Waals surface area contributed by atoms with Crippen molar-refractivity contribution in [2.75, 3.05) is 26.2 Å².